The SMILES string of the molecule is C=C(N=Cc1nc(-c2c(F)cccc2Cl)n(C[C@@H]2CCCNC2)c1N)NCc1ccc(F)cc1F. The average Bonchev–Trinajstić information content (AvgIpc) is 3.12. The van der Waals surface area contributed by atoms with Crippen LogP contribution >= 0.6 is 11.6 Å². The van der Waals surface area contributed by atoms with E-state index in [-0.39, 0.29) is 28.5 Å². The van der Waals surface area contributed by atoms with Gasteiger partial charge in [0, 0.05) is 24.7 Å². The standard InChI is InChI=1S/C25H26ClF3N6/c1-15(32-12-17-7-8-18(27)10-21(17)29)33-13-22-24(30)35(14-16-4-3-9-31-11-16)25(34-22)23-19(26)5-2-6-20(23)28/h2,5-8,10,13,16,31-32H,1,3-4,9,11-12,14,30H2/t16-/m1/s1. The van der Waals surface area contributed by atoms with Gasteiger partial charge in [-0.1, -0.05) is 30.3 Å². The maximum Gasteiger partial charge on any atom is 0.146 e. The van der Waals surface area contributed by atoms with Gasteiger partial charge >= 0.3 is 0 Å². The number of piperidine rings is 1. The zero-order chi connectivity index (χ0) is 24.9. The number of aromatic nitrogens is 2. The number of rotatable bonds is 8. The number of hydrogen-bond donors (Lipinski definition) is 3. The molecule has 35 heavy (non-hydrogen) atoms. The van der Waals surface area contributed by atoms with E-state index in [9.17, 15) is 13.2 Å². The number of benzene rings is 2. The van der Waals surface area contributed by atoms with Crippen LogP contribution in [0.2, 0.25) is 5.02 Å². The van der Waals surface area contributed by atoms with Crippen molar-refractivity contribution in [3.05, 3.63) is 82.5 Å². The summed E-state index contributed by atoms with van der Waals surface area (Å²) in [5.74, 6) is -0.636. The van der Waals surface area contributed by atoms with Gasteiger partial charge in [-0.15, -0.1) is 0 Å². The number of nitrogens with two attached hydrogens (primary N) is 1. The van der Waals surface area contributed by atoms with E-state index < -0.39 is 17.5 Å². The van der Waals surface area contributed by atoms with Crippen LogP contribution in [0.25, 0.3) is 11.4 Å². The van der Waals surface area contributed by atoms with Gasteiger partial charge in [0.2, 0.25) is 0 Å². The summed E-state index contributed by atoms with van der Waals surface area (Å²) in [5, 5.41) is 6.47. The summed E-state index contributed by atoms with van der Waals surface area (Å²) in [6.45, 7) is 6.21. The van der Waals surface area contributed by atoms with Crippen molar-refractivity contribution in [2.45, 2.75) is 25.9 Å². The van der Waals surface area contributed by atoms with Crippen LogP contribution in [0.15, 0.2) is 53.8 Å². The molecule has 1 fully saturated rings. The van der Waals surface area contributed by atoms with Crippen LogP contribution in [-0.4, -0.2) is 28.9 Å². The summed E-state index contributed by atoms with van der Waals surface area (Å²) < 4.78 is 43.5. The van der Waals surface area contributed by atoms with E-state index in [2.05, 4.69) is 27.2 Å². The first-order valence-electron chi connectivity index (χ1n) is 11.3. The third-order valence-electron chi connectivity index (χ3n) is 5.90. The molecule has 0 aliphatic carbocycles. The molecule has 6 nitrogen and oxygen atoms in total. The largest absolute Gasteiger partial charge is 0.383 e. The minimum absolute atomic E-state index is 0.0664. The van der Waals surface area contributed by atoms with E-state index in [0.29, 0.717) is 29.8 Å². The monoisotopic (exact) mass is 502 g/mol. The lowest BCUT2D eigenvalue weighted by molar-refractivity contribution is 0.339. The van der Waals surface area contributed by atoms with E-state index in [1.54, 1.807) is 10.6 Å². The third-order valence-corrected chi connectivity index (χ3v) is 6.22. The molecular weight excluding hydrogens is 477 g/mol. The maximum absolute atomic E-state index is 14.8. The van der Waals surface area contributed by atoms with Crippen molar-refractivity contribution in [1.29, 1.82) is 0 Å². The zero-order valence-electron chi connectivity index (χ0n) is 19.0. The Bertz CT molecular complexity index is 1230. The molecule has 0 spiro atoms. The first-order valence-corrected chi connectivity index (χ1v) is 11.6. The summed E-state index contributed by atoms with van der Waals surface area (Å²) in [5.41, 5.74) is 7.21. The van der Waals surface area contributed by atoms with Gasteiger partial charge in [-0.25, -0.2) is 23.1 Å². The second-order valence-corrected chi connectivity index (χ2v) is 8.83. The van der Waals surface area contributed by atoms with Gasteiger partial charge in [-0.2, -0.15) is 0 Å². The molecule has 0 unspecified atom stereocenters. The van der Waals surface area contributed by atoms with Gasteiger partial charge in [0.15, 0.2) is 0 Å². The van der Waals surface area contributed by atoms with Crippen molar-refractivity contribution in [1.82, 2.24) is 20.2 Å². The van der Waals surface area contributed by atoms with E-state index in [1.165, 1.54) is 30.5 Å². The van der Waals surface area contributed by atoms with Crippen LogP contribution in [0.1, 0.15) is 24.1 Å². The van der Waals surface area contributed by atoms with E-state index in [1.807, 2.05) is 0 Å². The lowest BCUT2D eigenvalue weighted by Gasteiger charge is -2.24. The Morgan fingerprint density at radius 1 is 1.29 bits per heavy atom. The fourth-order valence-electron chi connectivity index (χ4n) is 4.05. The first-order chi connectivity index (χ1) is 16.8. The molecule has 1 atom stereocenters. The van der Waals surface area contributed by atoms with Gasteiger partial charge in [-0.3, -0.25) is 0 Å². The number of aliphatic imine (C=N–C) groups is 1. The first kappa shape index (κ1) is 24.8. The highest BCUT2D eigenvalue weighted by atomic mass is 35.5. The highest BCUT2D eigenvalue weighted by Crippen LogP contribution is 2.33. The van der Waals surface area contributed by atoms with Crippen LogP contribution in [-0.2, 0) is 13.1 Å². The lowest BCUT2D eigenvalue weighted by Crippen LogP contribution is -2.32. The summed E-state index contributed by atoms with van der Waals surface area (Å²) >= 11 is 6.33. The fourth-order valence-corrected chi connectivity index (χ4v) is 4.30. The van der Waals surface area contributed by atoms with Crippen LogP contribution in [0.5, 0.6) is 0 Å². The normalized spacial score (nSPS) is 16.1. The van der Waals surface area contributed by atoms with Crippen molar-refractivity contribution < 1.29 is 13.2 Å². The maximum atomic E-state index is 14.8. The van der Waals surface area contributed by atoms with Crippen molar-refractivity contribution in [2.24, 2.45) is 10.9 Å². The molecule has 4 rings (SSSR count). The summed E-state index contributed by atoms with van der Waals surface area (Å²) in [6.07, 6.45) is 3.47. The Morgan fingerprint density at radius 2 is 2.11 bits per heavy atom. The van der Waals surface area contributed by atoms with Crippen molar-refractivity contribution in [3.63, 3.8) is 0 Å². The molecule has 2 aromatic carbocycles. The topological polar surface area (TPSA) is 80.3 Å². The quantitative estimate of drug-likeness (QED) is 0.383. The predicted molar refractivity (Wildman–Crippen MR) is 133 cm³/mol. The Hall–Kier alpha value is -3.30. The summed E-state index contributed by atoms with van der Waals surface area (Å²) in [6, 6.07) is 7.80. The molecule has 0 saturated carbocycles. The predicted octanol–water partition coefficient (Wildman–Crippen LogP) is 4.88. The molecule has 0 bridgehead atoms. The van der Waals surface area contributed by atoms with Crippen molar-refractivity contribution in [2.75, 3.05) is 18.8 Å². The van der Waals surface area contributed by atoms with E-state index in [4.69, 9.17) is 17.3 Å². The van der Waals surface area contributed by atoms with E-state index >= 15 is 0 Å². The fraction of sp³-hybridized carbons (Fsp3) is 0.280. The molecule has 10 heteroatoms. The summed E-state index contributed by atoms with van der Waals surface area (Å²) in [4.78, 5) is 8.79. The molecule has 3 aromatic rings. The third kappa shape index (κ3) is 5.86. The van der Waals surface area contributed by atoms with Gasteiger partial charge < -0.3 is 20.9 Å². The number of halogens is 4. The van der Waals surface area contributed by atoms with Gasteiger partial charge in [0.05, 0.1) is 16.8 Å². The van der Waals surface area contributed by atoms with Crippen molar-refractivity contribution in [3.8, 4) is 11.4 Å². The zero-order valence-corrected chi connectivity index (χ0v) is 19.8. The number of nitrogens with one attached hydrogen (secondary N) is 2. The molecule has 1 aromatic heterocycles. The van der Waals surface area contributed by atoms with Gasteiger partial charge in [-0.05, 0) is 50.0 Å². The number of hydrogen-bond acceptors (Lipinski definition) is 5. The average molecular weight is 503 g/mol. The number of nitrogens with zero attached hydrogens (tertiary/aromatic N) is 3. The highest BCUT2D eigenvalue weighted by molar-refractivity contribution is 6.33. The van der Waals surface area contributed by atoms with Crippen molar-refractivity contribution >= 4 is 23.6 Å². The minimum atomic E-state index is -0.666. The molecule has 184 valence electrons. The Kier molecular flexibility index (Phi) is 7.77. The van der Waals surface area contributed by atoms with Crippen LogP contribution in [0, 0.1) is 23.4 Å². The summed E-state index contributed by atoms with van der Waals surface area (Å²) in [7, 11) is 0. The smallest absolute Gasteiger partial charge is 0.146 e. The highest BCUT2D eigenvalue weighted by Gasteiger charge is 2.23. The number of anilines is 1. The minimum Gasteiger partial charge on any atom is -0.383 e. The molecular formula is C25H26ClF3N6. The molecule has 4 N–H and O–H groups in total. The molecule has 1 saturated heterocycles. The molecule has 0 radical (unpaired) electrons. The Labute approximate surface area is 206 Å². The number of imidazole rings is 1. The molecule has 1 aliphatic heterocycles. The van der Waals surface area contributed by atoms with Gasteiger partial charge in [0.1, 0.15) is 40.6 Å². The molecule has 1 aliphatic rings. The Balaban J connectivity index is 1.58. The molecule has 2 heterocycles. The van der Waals surface area contributed by atoms with Crippen LogP contribution in [0.3, 0.4) is 0 Å². The lowest BCUT2D eigenvalue weighted by atomic mass is 9.99. The second kappa shape index (κ2) is 11.0. The second-order valence-electron chi connectivity index (χ2n) is 8.42. The van der Waals surface area contributed by atoms with Gasteiger partial charge in [0.25, 0.3) is 0 Å². The number of nitrogen functional groups attached to an aromatic ring is 1. The Morgan fingerprint density at radius 3 is 2.83 bits per heavy atom. The van der Waals surface area contributed by atoms with E-state index in [0.717, 1.165) is 32.0 Å². The molecule has 0 amide bonds. The van der Waals surface area contributed by atoms with Crippen LogP contribution in [0.4, 0.5) is 19.0 Å². The van der Waals surface area contributed by atoms with Crippen LogP contribution < -0.4 is 16.4 Å².